The predicted molar refractivity (Wildman–Crippen MR) is 90.3 cm³/mol. The van der Waals surface area contributed by atoms with Gasteiger partial charge < -0.3 is 5.32 Å². The highest BCUT2D eigenvalue weighted by atomic mass is 35.5. The van der Waals surface area contributed by atoms with Crippen molar-refractivity contribution in [2.24, 2.45) is 5.92 Å². The zero-order valence-corrected chi connectivity index (χ0v) is 14.4. The van der Waals surface area contributed by atoms with Crippen molar-refractivity contribution >= 4 is 40.8 Å². The molecule has 2 rings (SSSR count). The minimum Gasteiger partial charge on any atom is -0.369 e. The summed E-state index contributed by atoms with van der Waals surface area (Å²) < 4.78 is 0. The van der Waals surface area contributed by atoms with Gasteiger partial charge in [0.25, 0.3) is 0 Å². The monoisotopic (exact) mass is 332 g/mol. The fourth-order valence-corrected chi connectivity index (χ4v) is 4.44. The number of rotatable bonds is 5. The van der Waals surface area contributed by atoms with E-state index in [4.69, 9.17) is 23.2 Å². The van der Waals surface area contributed by atoms with E-state index in [1.807, 2.05) is 17.8 Å². The first-order valence-corrected chi connectivity index (χ1v) is 9.00. The maximum absolute atomic E-state index is 6.30. The van der Waals surface area contributed by atoms with E-state index in [1.54, 1.807) is 0 Å². The molecule has 0 radical (unpaired) electrons. The van der Waals surface area contributed by atoms with Gasteiger partial charge in [0, 0.05) is 11.8 Å². The van der Waals surface area contributed by atoms with Crippen molar-refractivity contribution in [1.29, 1.82) is 0 Å². The van der Waals surface area contributed by atoms with Gasteiger partial charge in [-0.1, -0.05) is 49.9 Å². The molecule has 0 aromatic carbocycles. The van der Waals surface area contributed by atoms with Crippen LogP contribution in [-0.2, 0) is 0 Å². The summed E-state index contributed by atoms with van der Waals surface area (Å²) >= 11 is 14.3. The van der Waals surface area contributed by atoms with Gasteiger partial charge in [0.05, 0.1) is 10.0 Å². The van der Waals surface area contributed by atoms with Crippen LogP contribution in [0.4, 0.5) is 5.82 Å². The zero-order chi connectivity index (χ0) is 14.5. The summed E-state index contributed by atoms with van der Waals surface area (Å²) in [6.45, 7) is 5.33. The van der Waals surface area contributed by atoms with Crippen molar-refractivity contribution in [1.82, 2.24) is 4.98 Å². The third-order valence-corrected chi connectivity index (χ3v) is 5.59. The molecule has 1 aromatic heterocycles. The Kier molecular flexibility index (Phi) is 6.31. The summed E-state index contributed by atoms with van der Waals surface area (Å²) in [7, 11) is 0. The lowest BCUT2D eigenvalue weighted by molar-refractivity contribution is 0.394. The quantitative estimate of drug-likeness (QED) is 0.728. The first-order valence-electron chi connectivity index (χ1n) is 7.36. The molecule has 0 amide bonds. The number of aromatic nitrogens is 1. The van der Waals surface area contributed by atoms with Crippen molar-refractivity contribution in [3.63, 3.8) is 0 Å². The topological polar surface area (TPSA) is 24.9 Å². The number of pyridine rings is 1. The second kappa shape index (κ2) is 7.77. The summed E-state index contributed by atoms with van der Waals surface area (Å²) in [5.41, 5.74) is 0. The lowest BCUT2D eigenvalue weighted by Gasteiger charge is -2.26. The maximum Gasteiger partial charge on any atom is 0.146 e. The van der Waals surface area contributed by atoms with Crippen LogP contribution in [0, 0.1) is 5.92 Å². The minimum absolute atomic E-state index is 0.602. The number of hydrogen-bond donors (Lipinski definition) is 1. The maximum atomic E-state index is 6.30. The number of halogens is 2. The summed E-state index contributed by atoms with van der Waals surface area (Å²) in [5, 5.41) is 6.07. The minimum atomic E-state index is 0.602. The van der Waals surface area contributed by atoms with Gasteiger partial charge in [-0.05, 0) is 31.2 Å². The van der Waals surface area contributed by atoms with E-state index < -0.39 is 0 Å². The Hall–Kier alpha value is -0.120. The summed E-state index contributed by atoms with van der Waals surface area (Å²) in [6.07, 6.45) is 6.22. The third kappa shape index (κ3) is 4.44. The number of anilines is 1. The molecular formula is C15H22Cl2N2S. The molecule has 0 saturated heterocycles. The smallest absolute Gasteiger partial charge is 0.146 e. The Morgan fingerprint density at radius 1 is 1.35 bits per heavy atom. The summed E-state index contributed by atoms with van der Waals surface area (Å²) in [4.78, 5) is 4.62. The lowest BCUT2D eigenvalue weighted by atomic mass is 9.91. The van der Waals surface area contributed by atoms with E-state index >= 15 is 0 Å². The van der Waals surface area contributed by atoms with Crippen LogP contribution < -0.4 is 5.32 Å². The Balaban J connectivity index is 2.09. The summed E-state index contributed by atoms with van der Waals surface area (Å²) in [6, 6.07) is 1.81. The van der Waals surface area contributed by atoms with Crippen LogP contribution in [-0.4, -0.2) is 16.8 Å². The molecule has 5 heteroatoms. The molecule has 1 heterocycles. The molecule has 1 aromatic rings. The molecule has 2 atom stereocenters. The Bertz CT molecular complexity index is 454. The van der Waals surface area contributed by atoms with Gasteiger partial charge in [0.2, 0.25) is 0 Å². The van der Waals surface area contributed by atoms with E-state index in [0.717, 1.165) is 29.7 Å². The van der Waals surface area contributed by atoms with Gasteiger partial charge in [-0.15, -0.1) is 11.8 Å². The molecule has 1 N–H and O–H groups in total. The van der Waals surface area contributed by atoms with Gasteiger partial charge in [0.15, 0.2) is 0 Å². The molecule has 112 valence electrons. The van der Waals surface area contributed by atoms with Crippen LogP contribution >= 0.6 is 35.0 Å². The Morgan fingerprint density at radius 2 is 2.15 bits per heavy atom. The van der Waals surface area contributed by atoms with E-state index in [1.165, 1.54) is 25.7 Å². The predicted octanol–water partition coefficient (Wildman–Crippen LogP) is 5.88. The average Bonchev–Trinajstić information content (AvgIpc) is 2.40. The first kappa shape index (κ1) is 16.3. The Morgan fingerprint density at radius 3 is 2.85 bits per heavy atom. The molecule has 1 aliphatic carbocycles. The van der Waals surface area contributed by atoms with E-state index in [9.17, 15) is 0 Å². The number of hydrogen-bond acceptors (Lipinski definition) is 3. The molecule has 0 bridgehead atoms. The highest BCUT2D eigenvalue weighted by Crippen LogP contribution is 2.39. The van der Waals surface area contributed by atoms with Crippen LogP contribution in [0.1, 0.15) is 46.0 Å². The van der Waals surface area contributed by atoms with Crippen molar-refractivity contribution in [2.45, 2.75) is 56.2 Å². The molecule has 20 heavy (non-hydrogen) atoms. The van der Waals surface area contributed by atoms with Crippen LogP contribution in [0.2, 0.25) is 10.0 Å². The highest BCUT2D eigenvalue weighted by Gasteiger charge is 2.22. The molecule has 2 unspecified atom stereocenters. The van der Waals surface area contributed by atoms with Crippen molar-refractivity contribution < 1.29 is 0 Å². The average molecular weight is 333 g/mol. The normalized spacial score (nSPS) is 22.8. The standard InChI is InChI=1S/C15H22Cl2N2S/c1-3-7-18-14-12(16)9-13(17)15(19-14)20-11-6-4-5-10(2)8-11/h9-11H,3-8H2,1-2H3,(H,18,19). The second-order valence-corrected chi connectivity index (χ2v) is 7.65. The number of nitrogens with zero attached hydrogens (tertiary/aromatic N) is 1. The van der Waals surface area contributed by atoms with Crippen LogP contribution in [0.15, 0.2) is 11.1 Å². The van der Waals surface area contributed by atoms with Crippen LogP contribution in [0.5, 0.6) is 0 Å². The van der Waals surface area contributed by atoms with Gasteiger partial charge in [-0.25, -0.2) is 4.98 Å². The fraction of sp³-hybridized carbons (Fsp3) is 0.667. The third-order valence-electron chi connectivity index (χ3n) is 3.61. The molecule has 0 spiro atoms. The zero-order valence-electron chi connectivity index (χ0n) is 12.1. The van der Waals surface area contributed by atoms with Crippen molar-refractivity contribution in [2.75, 3.05) is 11.9 Å². The van der Waals surface area contributed by atoms with Gasteiger partial charge >= 0.3 is 0 Å². The molecule has 1 aliphatic rings. The van der Waals surface area contributed by atoms with Crippen molar-refractivity contribution in [3.8, 4) is 0 Å². The van der Waals surface area contributed by atoms with Gasteiger partial charge in [-0.2, -0.15) is 0 Å². The molecule has 2 nitrogen and oxygen atoms in total. The number of nitrogens with one attached hydrogen (secondary N) is 1. The fourth-order valence-electron chi connectivity index (χ4n) is 2.54. The SMILES string of the molecule is CCCNc1nc(SC2CCCC(C)C2)c(Cl)cc1Cl. The van der Waals surface area contributed by atoms with Crippen molar-refractivity contribution in [3.05, 3.63) is 16.1 Å². The van der Waals surface area contributed by atoms with E-state index in [0.29, 0.717) is 15.3 Å². The van der Waals surface area contributed by atoms with Crippen LogP contribution in [0.3, 0.4) is 0 Å². The molecule has 1 fully saturated rings. The van der Waals surface area contributed by atoms with Gasteiger partial charge in [0.1, 0.15) is 10.8 Å². The molecule has 0 aliphatic heterocycles. The second-order valence-electron chi connectivity index (χ2n) is 5.54. The highest BCUT2D eigenvalue weighted by molar-refractivity contribution is 8.00. The Labute approximate surface area is 136 Å². The lowest BCUT2D eigenvalue weighted by Crippen LogP contribution is -2.15. The molecular weight excluding hydrogens is 311 g/mol. The first-order chi connectivity index (χ1) is 9.60. The van der Waals surface area contributed by atoms with Gasteiger partial charge in [-0.3, -0.25) is 0 Å². The largest absolute Gasteiger partial charge is 0.369 e. The summed E-state index contributed by atoms with van der Waals surface area (Å²) in [5.74, 6) is 1.56. The molecule has 1 saturated carbocycles. The number of thioether (sulfide) groups is 1. The van der Waals surface area contributed by atoms with Crippen LogP contribution in [0.25, 0.3) is 0 Å². The van der Waals surface area contributed by atoms with E-state index in [-0.39, 0.29) is 0 Å². The van der Waals surface area contributed by atoms with E-state index in [2.05, 4.69) is 24.1 Å².